The van der Waals surface area contributed by atoms with Gasteiger partial charge in [-0.2, -0.15) is 0 Å². The van der Waals surface area contributed by atoms with Crippen LogP contribution >= 0.6 is 0 Å². The quantitative estimate of drug-likeness (QED) is 0.868. The molecular formula is C15H22N2O3S. The Labute approximate surface area is 126 Å². The topological polar surface area (TPSA) is 75.3 Å². The fourth-order valence-corrected chi connectivity index (χ4v) is 3.99. The molecule has 116 valence electrons. The lowest BCUT2D eigenvalue weighted by Gasteiger charge is -2.24. The Bertz CT molecular complexity index is 613. The summed E-state index contributed by atoms with van der Waals surface area (Å²) in [5, 5.41) is 6.01. The zero-order chi connectivity index (χ0) is 15.5. The molecule has 2 atom stereocenters. The highest BCUT2D eigenvalue weighted by Gasteiger charge is 2.26. The summed E-state index contributed by atoms with van der Waals surface area (Å²) in [5.74, 6) is 0.0722. The van der Waals surface area contributed by atoms with Crippen molar-refractivity contribution in [2.45, 2.75) is 32.4 Å². The van der Waals surface area contributed by atoms with Crippen LogP contribution in [0.4, 0.5) is 0 Å². The van der Waals surface area contributed by atoms with Gasteiger partial charge in [0, 0.05) is 19.0 Å². The first-order valence-corrected chi connectivity index (χ1v) is 8.97. The molecule has 0 saturated carbocycles. The number of benzene rings is 1. The molecule has 5 nitrogen and oxygen atoms in total. The number of carbonyl (C=O) groups excluding carboxylic acids is 1. The highest BCUT2D eigenvalue weighted by molar-refractivity contribution is 7.91. The number of hydrogen-bond donors (Lipinski definition) is 2. The molecule has 0 aromatic heterocycles. The van der Waals surface area contributed by atoms with Crippen molar-refractivity contribution in [3.05, 3.63) is 35.4 Å². The Morgan fingerprint density at radius 2 is 2.24 bits per heavy atom. The maximum atomic E-state index is 12.0. The molecule has 0 aliphatic carbocycles. The third-order valence-corrected chi connectivity index (χ3v) is 5.39. The number of hydrogen-bond acceptors (Lipinski definition) is 4. The van der Waals surface area contributed by atoms with E-state index >= 15 is 0 Å². The first-order chi connectivity index (χ1) is 9.85. The molecule has 1 aliphatic rings. The SMILES string of the molecule is Cc1cccc([C@H](C)NC(=O)CC2CS(=O)(=O)CCN2)c1. The third kappa shape index (κ3) is 4.82. The van der Waals surface area contributed by atoms with Gasteiger partial charge in [0.2, 0.25) is 5.91 Å². The predicted octanol–water partition coefficient (Wildman–Crippen LogP) is 0.949. The molecule has 0 bridgehead atoms. The van der Waals surface area contributed by atoms with E-state index in [-0.39, 0.29) is 35.9 Å². The molecule has 1 unspecified atom stereocenters. The molecule has 6 heteroatoms. The fourth-order valence-electron chi connectivity index (χ4n) is 2.55. The van der Waals surface area contributed by atoms with Gasteiger partial charge in [-0.25, -0.2) is 8.42 Å². The van der Waals surface area contributed by atoms with E-state index in [0.29, 0.717) is 6.54 Å². The zero-order valence-electron chi connectivity index (χ0n) is 12.4. The van der Waals surface area contributed by atoms with Crippen LogP contribution in [0.25, 0.3) is 0 Å². The molecule has 2 N–H and O–H groups in total. The summed E-state index contributed by atoms with van der Waals surface area (Å²) in [4.78, 5) is 12.0. The van der Waals surface area contributed by atoms with E-state index in [1.54, 1.807) is 0 Å². The van der Waals surface area contributed by atoms with Crippen LogP contribution in [0.3, 0.4) is 0 Å². The molecule has 1 aliphatic heterocycles. The predicted molar refractivity (Wildman–Crippen MR) is 82.8 cm³/mol. The maximum absolute atomic E-state index is 12.0. The first kappa shape index (κ1) is 16.0. The monoisotopic (exact) mass is 310 g/mol. The standard InChI is InChI=1S/C15H22N2O3S/c1-11-4-3-5-13(8-11)12(2)17-15(18)9-14-10-21(19,20)7-6-16-14/h3-5,8,12,14,16H,6-7,9-10H2,1-2H3,(H,17,18)/t12-,14?/m0/s1. The van der Waals surface area contributed by atoms with Gasteiger partial charge in [-0.3, -0.25) is 4.79 Å². The van der Waals surface area contributed by atoms with Crippen LogP contribution in [-0.4, -0.2) is 38.4 Å². The molecule has 1 amide bonds. The van der Waals surface area contributed by atoms with Crippen LogP contribution in [-0.2, 0) is 14.6 Å². The molecule has 1 aromatic carbocycles. The first-order valence-electron chi connectivity index (χ1n) is 7.15. The van der Waals surface area contributed by atoms with Crippen molar-refractivity contribution in [3.8, 4) is 0 Å². The highest BCUT2D eigenvalue weighted by Crippen LogP contribution is 2.14. The summed E-state index contributed by atoms with van der Waals surface area (Å²) in [5.41, 5.74) is 2.20. The lowest BCUT2D eigenvalue weighted by molar-refractivity contribution is -0.122. The van der Waals surface area contributed by atoms with Crippen LogP contribution in [0.1, 0.15) is 30.5 Å². The van der Waals surface area contributed by atoms with Crippen molar-refractivity contribution in [1.82, 2.24) is 10.6 Å². The van der Waals surface area contributed by atoms with Gasteiger partial charge in [0.05, 0.1) is 17.5 Å². The summed E-state index contributed by atoms with van der Waals surface area (Å²) >= 11 is 0. The Balaban J connectivity index is 1.89. The minimum atomic E-state index is -3.01. The van der Waals surface area contributed by atoms with E-state index in [2.05, 4.69) is 10.6 Å². The number of nitrogens with one attached hydrogen (secondary N) is 2. The lowest BCUT2D eigenvalue weighted by atomic mass is 10.1. The maximum Gasteiger partial charge on any atom is 0.222 e. The van der Waals surface area contributed by atoms with Crippen LogP contribution in [0, 0.1) is 6.92 Å². The molecule has 21 heavy (non-hydrogen) atoms. The molecular weight excluding hydrogens is 288 g/mol. The second kappa shape index (κ2) is 6.58. The summed E-state index contributed by atoms with van der Waals surface area (Å²) in [6.07, 6.45) is 0.190. The number of aryl methyl sites for hydroxylation is 1. The van der Waals surface area contributed by atoms with Crippen molar-refractivity contribution in [2.24, 2.45) is 0 Å². The average Bonchev–Trinajstić information content (AvgIpc) is 2.37. The molecule has 1 fully saturated rings. The van der Waals surface area contributed by atoms with E-state index < -0.39 is 9.84 Å². The van der Waals surface area contributed by atoms with E-state index in [9.17, 15) is 13.2 Å². The third-order valence-electron chi connectivity index (χ3n) is 3.65. The van der Waals surface area contributed by atoms with Gasteiger partial charge in [-0.05, 0) is 19.4 Å². The molecule has 0 spiro atoms. The second-order valence-electron chi connectivity index (χ2n) is 5.67. The van der Waals surface area contributed by atoms with Gasteiger partial charge in [0.15, 0.2) is 9.84 Å². The van der Waals surface area contributed by atoms with Gasteiger partial charge in [0.25, 0.3) is 0 Å². The molecule has 1 heterocycles. The van der Waals surface area contributed by atoms with Gasteiger partial charge >= 0.3 is 0 Å². The van der Waals surface area contributed by atoms with Crippen molar-refractivity contribution in [2.75, 3.05) is 18.1 Å². The number of amides is 1. The number of sulfone groups is 1. The fraction of sp³-hybridized carbons (Fsp3) is 0.533. The largest absolute Gasteiger partial charge is 0.350 e. The van der Waals surface area contributed by atoms with Gasteiger partial charge in [-0.15, -0.1) is 0 Å². The summed E-state index contributed by atoms with van der Waals surface area (Å²) in [6.45, 7) is 4.36. The van der Waals surface area contributed by atoms with Crippen molar-refractivity contribution in [1.29, 1.82) is 0 Å². The van der Waals surface area contributed by atoms with Crippen LogP contribution in [0.5, 0.6) is 0 Å². The number of carbonyl (C=O) groups is 1. The molecule has 1 aromatic rings. The molecule has 2 rings (SSSR count). The smallest absolute Gasteiger partial charge is 0.222 e. The minimum absolute atomic E-state index is 0.0409. The zero-order valence-corrected chi connectivity index (χ0v) is 13.2. The van der Waals surface area contributed by atoms with Crippen molar-refractivity contribution >= 4 is 15.7 Å². The Kier molecular flexibility index (Phi) is 5.00. The highest BCUT2D eigenvalue weighted by atomic mass is 32.2. The van der Waals surface area contributed by atoms with Gasteiger partial charge < -0.3 is 10.6 Å². The van der Waals surface area contributed by atoms with E-state index in [1.807, 2.05) is 38.1 Å². The van der Waals surface area contributed by atoms with E-state index in [1.165, 1.54) is 0 Å². The molecule has 1 saturated heterocycles. The summed E-state index contributed by atoms with van der Waals surface area (Å²) < 4.78 is 23.1. The van der Waals surface area contributed by atoms with E-state index in [4.69, 9.17) is 0 Å². The van der Waals surface area contributed by atoms with Crippen molar-refractivity contribution < 1.29 is 13.2 Å². The lowest BCUT2D eigenvalue weighted by Crippen LogP contribution is -2.47. The number of rotatable bonds is 4. The van der Waals surface area contributed by atoms with Gasteiger partial charge in [0.1, 0.15) is 0 Å². The Morgan fingerprint density at radius 3 is 2.90 bits per heavy atom. The van der Waals surface area contributed by atoms with Crippen molar-refractivity contribution in [3.63, 3.8) is 0 Å². The normalized spacial score (nSPS) is 22.5. The van der Waals surface area contributed by atoms with Crippen LogP contribution in [0.15, 0.2) is 24.3 Å². The summed E-state index contributed by atoms with van der Waals surface area (Å²) in [6, 6.07) is 7.61. The van der Waals surface area contributed by atoms with E-state index in [0.717, 1.165) is 11.1 Å². The second-order valence-corrected chi connectivity index (χ2v) is 7.90. The minimum Gasteiger partial charge on any atom is -0.350 e. The molecule has 0 radical (unpaired) electrons. The average molecular weight is 310 g/mol. The van der Waals surface area contributed by atoms with Crippen LogP contribution in [0.2, 0.25) is 0 Å². The Hall–Kier alpha value is -1.40. The summed E-state index contributed by atoms with van der Waals surface area (Å²) in [7, 11) is -3.01. The van der Waals surface area contributed by atoms with Crippen LogP contribution < -0.4 is 10.6 Å². The Morgan fingerprint density at radius 1 is 1.48 bits per heavy atom. The van der Waals surface area contributed by atoms with Gasteiger partial charge in [-0.1, -0.05) is 29.8 Å².